The third-order valence-electron chi connectivity index (χ3n) is 8.67. The average molecular weight is 645 g/mol. The highest BCUT2D eigenvalue weighted by Crippen LogP contribution is 2.33. The van der Waals surface area contributed by atoms with E-state index in [1.54, 1.807) is 0 Å². The van der Waals surface area contributed by atoms with Crippen molar-refractivity contribution in [2.75, 3.05) is 38.0 Å². The SMILES string of the molecule is CN(C)c1ccc(/C=C(/CCCC/C(=C\c2ccc(N(C)C)cc2)c2sc3ccccc3[n+]2C)c2sc3ccccc3[n+]2C)cc1. The van der Waals surface area contributed by atoms with Gasteiger partial charge in [-0.2, -0.15) is 9.13 Å². The molecule has 46 heavy (non-hydrogen) atoms. The Kier molecular flexibility index (Phi) is 9.67. The van der Waals surface area contributed by atoms with E-state index in [2.05, 4.69) is 170 Å². The van der Waals surface area contributed by atoms with Gasteiger partial charge in [0.1, 0.15) is 23.5 Å². The molecule has 2 aromatic heterocycles. The maximum atomic E-state index is 2.40. The first-order valence-corrected chi connectivity index (χ1v) is 17.6. The molecule has 6 rings (SSSR count). The second-order valence-electron chi connectivity index (χ2n) is 12.4. The highest BCUT2D eigenvalue weighted by molar-refractivity contribution is 7.19. The van der Waals surface area contributed by atoms with Gasteiger partial charge in [-0.15, -0.1) is 0 Å². The van der Waals surface area contributed by atoms with E-state index >= 15 is 0 Å². The normalized spacial score (nSPS) is 12.3. The van der Waals surface area contributed by atoms with Crippen LogP contribution >= 0.6 is 22.7 Å². The molecule has 0 spiro atoms. The Bertz CT molecular complexity index is 1860. The number of aromatic nitrogens is 2. The van der Waals surface area contributed by atoms with Crippen LogP contribution in [0.2, 0.25) is 0 Å². The summed E-state index contributed by atoms with van der Waals surface area (Å²) < 4.78 is 7.41. The average Bonchev–Trinajstić information content (AvgIpc) is 3.58. The Hall–Kier alpha value is -4.26. The summed E-state index contributed by atoms with van der Waals surface area (Å²) in [6.07, 6.45) is 9.08. The maximum Gasteiger partial charge on any atom is 0.265 e. The fraction of sp³-hybridized carbons (Fsp3) is 0.250. The van der Waals surface area contributed by atoms with Gasteiger partial charge in [-0.1, -0.05) is 71.2 Å². The van der Waals surface area contributed by atoms with Gasteiger partial charge in [0.05, 0.1) is 0 Å². The van der Waals surface area contributed by atoms with Crippen molar-refractivity contribution in [2.24, 2.45) is 14.1 Å². The van der Waals surface area contributed by atoms with E-state index in [0.717, 1.165) is 25.7 Å². The summed E-state index contributed by atoms with van der Waals surface area (Å²) in [6.45, 7) is 0. The van der Waals surface area contributed by atoms with Crippen LogP contribution in [0.15, 0.2) is 97.1 Å². The summed E-state index contributed by atoms with van der Waals surface area (Å²) in [5.41, 5.74) is 10.3. The molecule has 6 heteroatoms. The van der Waals surface area contributed by atoms with Crippen molar-refractivity contribution in [2.45, 2.75) is 25.7 Å². The van der Waals surface area contributed by atoms with Crippen LogP contribution < -0.4 is 18.9 Å². The number of thiazole rings is 2. The molecule has 0 amide bonds. The minimum absolute atomic E-state index is 1.03. The standard InChI is InChI=1S/C40H44N4S2/c1-41(2)33-23-19-29(20-24-33)27-31(39-43(5)35-15-9-11-17-37(35)45-39)13-7-8-14-32(28-30-21-25-34(26-22-30)42(3)4)40-44(6)36-16-10-12-18-38(36)46-40/h9-12,15-28H,7-8,13-14H2,1-6H3/q+2. The monoisotopic (exact) mass is 644 g/mol. The number of benzene rings is 4. The molecule has 0 saturated carbocycles. The quantitative estimate of drug-likeness (QED) is 0.103. The van der Waals surface area contributed by atoms with Crippen LogP contribution in [0, 0.1) is 0 Å². The second kappa shape index (κ2) is 14.0. The number of hydrogen-bond acceptors (Lipinski definition) is 4. The number of fused-ring (bicyclic) bond motifs is 2. The lowest BCUT2D eigenvalue weighted by molar-refractivity contribution is -0.642. The van der Waals surface area contributed by atoms with Crippen LogP contribution in [0.25, 0.3) is 43.7 Å². The van der Waals surface area contributed by atoms with Crippen molar-refractivity contribution in [3.63, 3.8) is 0 Å². The van der Waals surface area contributed by atoms with Crippen LogP contribution in [0.1, 0.15) is 46.8 Å². The number of unbranched alkanes of at least 4 members (excludes halogenated alkanes) is 1. The molecule has 0 aliphatic carbocycles. The second-order valence-corrected chi connectivity index (χ2v) is 14.4. The molecular weight excluding hydrogens is 601 g/mol. The lowest BCUT2D eigenvalue weighted by Crippen LogP contribution is -2.30. The molecule has 0 aliphatic rings. The van der Waals surface area contributed by atoms with E-state index < -0.39 is 0 Å². The highest BCUT2D eigenvalue weighted by atomic mass is 32.1. The van der Waals surface area contributed by atoms with E-state index in [-0.39, 0.29) is 0 Å². The Morgan fingerprint density at radius 1 is 0.543 bits per heavy atom. The van der Waals surface area contributed by atoms with Crippen molar-refractivity contribution in [1.29, 1.82) is 0 Å². The van der Waals surface area contributed by atoms with Crippen molar-refractivity contribution in [3.05, 3.63) is 118 Å². The van der Waals surface area contributed by atoms with E-state index in [1.165, 1.54) is 64.1 Å². The molecule has 0 aliphatic heterocycles. The van der Waals surface area contributed by atoms with Gasteiger partial charge in [-0.05, 0) is 85.4 Å². The molecular formula is C40H44N4S2+2. The first-order chi connectivity index (χ1) is 22.3. The van der Waals surface area contributed by atoms with Crippen LogP contribution in [0.4, 0.5) is 11.4 Å². The minimum atomic E-state index is 1.03. The Labute approximate surface area is 281 Å². The molecule has 0 bridgehead atoms. The van der Waals surface area contributed by atoms with Gasteiger partial charge in [0.2, 0.25) is 11.0 Å². The number of allylic oxidation sites excluding steroid dienone is 2. The van der Waals surface area contributed by atoms with Gasteiger partial charge < -0.3 is 9.80 Å². The van der Waals surface area contributed by atoms with Gasteiger partial charge in [0.15, 0.2) is 0 Å². The van der Waals surface area contributed by atoms with Crippen molar-refractivity contribution < 1.29 is 9.13 Å². The molecule has 0 N–H and O–H groups in total. The number of anilines is 2. The summed E-state index contributed by atoms with van der Waals surface area (Å²) in [4.78, 5) is 4.30. The molecule has 0 atom stereocenters. The van der Waals surface area contributed by atoms with Crippen LogP contribution in [0.3, 0.4) is 0 Å². The molecule has 4 aromatic carbocycles. The van der Waals surface area contributed by atoms with Crippen molar-refractivity contribution in [3.8, 4) is 0 Å². The highest BCUT2D eigenvalue weighted by Gasteiger charge is 2.23. The van der Waals surface area contributed by atoms with E-state index in [9.17, 15) is 0 Å². The molecule has 0 saturated heterocycles. The third kappa shape index (κ3) is 6.93. The predicted octanol–water partition coefficient (Wildman–Crippen LogP) is 9.24. The zero-order valence-electron chi connectivity index (χ0n) is 27.8. The molecule has 0 fully saturated rings. The summed E-state index contributed by atoms with van der Waals surface area (Å²) in [7, 11) is 12.8. The summed E-state index contributed by atoms with van der Waals surface area (Å²) in [6, 6.07) is 35.3. The molecule has 234 valence electrons. The molecule has 0 radical (unpaired) electrons. The Balaban J connectivity index is 1.28. The van der Waals surface area contributed by atoms with Crippen LogP contribution in [-0.2, 0) is 14.1 Å². The first-order valence-electron chi connectivity index (χ1n) is 16.0. The van der Waals surface area contributed by atoms with Crippen LogP contribution in [-0.4, -0.2) is 28.2 Å². The van der Waals surface area contributed by atoms with Crippen molar-refractivity contribution in [1.82, 2.24) is 0 Å². The minimum Gasteiger partial charge on any atom is -0.378 e. The smallest absolute Gasteiger partial charge is 0.265 e. The van der Waals surface area contributed by atoms with E-state index in [1.807, 2.05) is 22.7 Å². The molecule has 0 unspecified atom stereocenters. The van der Waals surface area contributed by atoms with Crippen molar-refractivity contribution >= 4 is 77.8 Å². The molecule has 2 heterocycles. The first kappa shape index (κ1) is 31.7. The zero-order valence-corrected chi connectivity index (χ0v) is 29.5. The number of para-hydroxylation sites is 2. The van der Waals surface area contributed by atoms with Gasteiger partial charge in [0, 0.05) is 62.8 Å². The van der Waals surface area contributed by atoms with Gasteiger partial charge >= 0.3 is 0 Å². The number of hydrogen-bond donors (Lipinski definition) is 0. The Morgan fingerprint density at radius 2 is 0.913 bits per heavy atom. The van der Waals surface area contributed by atoms with E-state index in [0.29, 0.717) is 0 Å². The predicted molar refractivity (Wildman–Crippen MR) is 202 cm³/mol. The van der Waals surface area contributed by atoms with E-state index in [4.69, 9.17) is 0 Å². The van der Waals surface area contributed by atoms with Gasteiger partial charge in [-0.3, -0.25) is 0 Å². The summed E-state index contributed by atoms with van der Waals surface area (Å²) in [5, 5.41) is 2.68. The lowest BCUT2D eigenvalue weighted by Gasteiger charge is -2.12. The number of nitrogens with zero attached hydrogens (tertiary/aromatic N) is 4. The maximum absolute atomic E-state index is 2.40. The third-order valence-corrected chi connectivity index (χ3v) is 11.3. The van der Waals surface area contributed by atoms with Gasteiger partial charge in [-0.25, -0.2) is 0 Å². The lowest BCUT2D eigenvalue weighted by atomic mass is 10.0. The fourth-order valence-electron chi connectivity index (χ4n) is 6.02. The molecule has 6 aromatic rings. The number of aryl methyl sites for hydroxylation is 2. The van der Waals surface area contributed by atoms with Crippen LogP contribution in [0.5, 0.6) is 0 Å². The summed E-state index contributed by atoms with van der Waals surface area (Å²) in [5.74, 6) is 0. The largest absolute Gasteiger partial charge is 0.378 e. The van der Waals surface area contributed by atoms with Gasteiger partial charge in [0.25, 0.3) is 10.0 Å². The Morgan fingerprint density at radius 3 is 1.26 bits per heavy atom. The number of rotatable bonds is 11. The fourth-order valence-corrected chi connectivity index (χ4v) is 8.40. The topological polar surface area (TPSA) is 14.2 Å². The molecule has 4 nitrogen and oxygen atoms in total. The zero-order chi connectivity index (χ0) is 32.2. The summed E-state index contributed by atoms with van der Waals surface area (Å²) >= 11 is 3.80.